The van der Waals surface area contributed by atoms with Crippen molar-refractivity contribution >= 4 is 11.9 Å². The highest BCUT2D eigenvalue weighted by molar-refractivity contribution is 5.50. The number of benzene rings is 1. The molecule has 0 saturated heterocycles. The number of nitrogens with one attached hydrogen (secondary N) is 1. The molecule has 2 aliphatic carbocycles. The zero-order chi connectivity index (χ0) is 16.1. The first-order valence-electron chi connectivity index (χ1n) is 8.32. The number of anilines is 2. The molecule has 2 aliphatic rings. The Bertz CT molecular complexity index is 714. The lowest BCUT2D eigenvalue weighted by Crippen LogP contribution is -2.19. The maximum absolute atomic E-state index is 4.62. The highest BCUT2D eigenvalue weighted by Crippen LogP contribution is 2.57. The summed E-state index contributed by atoms with van der Waals surface area (Å²) in [6, 6.07) is 9.25. The molecule has 1 aromatic heterocycles. The molecule has 0 amide bonds. The second-order valence-corrected chi connectivity index (χ2v) is 7.13. The Morgan fingerprint density at radius 2 is 1.91 bits per heavy atom. The number of rotatable bonds is 4. The zero-order valence-electron chi connectivity index (χ0n) is 14.1. The maximum atomic E-state index is 4.62. The summed E-state index contributed by atoms with van der Waals surface area (Å²) in [7, 11) is 3.93. The summed E-state index contributed by atoms with van der Waals surface area (Å²) in [5.41, 5.74) is 3.01. The fourth-order valence-corrected chi connectivity index (χ4v) is 3.60. The fraction of sp³-hybridized carbons (Fsp3) is 0.500. The first kappa shape index (κ1) is 14.4. The summed E-state index contributed by atoms with van der Waals surface area (Å²) in [6.45, 7) is 4.22. The third-order valence-electron chi connectivity index (χ3n) is 4.89. The Balaban J connectivity index is 1.57. The van der Waals surface area contributed by atoms with Crippen molar-refractivity contribution < 1.29 is 0 Å². The minimum atomic E-state index is 0.289. The zero-order valence-corrected chi connectivity index (χ0v) is 14.1. The Hall–Kier alpha value is -2.17. The van der Waals surface area contributed by atoms with Crippen molar-refractivity contribution in [3.63, 3.8) is 0 Å². The maximum Gasteiger partial charge on any atom is 0.229 e. The van der Waals surface area contributed by atoms with E-state index in [-0.39, 0.29) is 5.92 Å². The highest BCUT2D eigenvalue weighted by atomic mass is 15.3. The predicted octanol–water partition coefficient (Wildman–Crippen LogP) is 2.81. The Labute approximate surface area is 137 Å². The van der Waals surface area contributed by atoms with Crippen molar-refractivity contribution in [1.29, 1.82) is 0 Å². The van der Waals surface area contributed by atoms with Gasteiger partial charge < -0.3 is 10.2 Å². The molecule has 1 aromatic carbocycles. The molecule has 0 spiro atoms. The van der Waals surface area contributed by atoms with Gasteiger partial charge in [-0.2, -0.15) is 15.0 Å². The van der Waals surface area contributed by atoms with Crippen LogP contribution in [0.2, 0.25) is 0 Å². The molecular formula is C18H23N5. The van der Waals surface area contributed by atoms with E-state index in [4.69, 9.17) is 0 Å². The first-order valence-corrected chi connectivity index (χ1v) is 8.32. The largest absolute Gasteiger partial charge is 0.350 e. The van der Waals surface area contributed by atoms with Crippen molar-refractivity contribution in [2.45, 2.75) is 38.1 Å². The predicted molar refractivity (Wildman–Crippen MR) is 92.0 cm³/mol. The van der Waals surface area contributed by atoms with Gasteiger partial charge in [0.25, 0.3) is 0 Å². The molecule has 4 rings (SSSR count). The van der Waals surface area contributed by atoms with Gasteiger partial charge in [0.1, 0.15) is 5.82 Å². The van der Waals surface area contributed by atoms with Crippen molar-refractivity contribution in [1.82, 2.24) is 15.0 Å². The van der Waals surface area contributed by atoms with Crippen LogP contribution >= 0.6 is 0 Å². The summed E-state index contributed by atoms with van der Waals surface area (Å²) in [4.78, 5) is 15.7. The van der Waals surface area contributed by atoms with E-state index in [9.17, 15) is 0 Å². The van der Waals surface area contributed by atoms with E-state index in [1.54, 1.807) is 0 Å². The van der Waals surface area contributed by atoms with Crippen LogP contribution in [0.5, 0.6) is 0 Å². The van der Waals surface area contributed by atoms with Gasteiger partial charge in [0.2, 0.25) is 11.9 Å². The van der Waals surface area contributed by atoms with Gasteiger partial charge in [0.05, 0.1) is 0 Å². The Kier molecular flexibility index (Phi) is 3.25. The Morgan fingerprint density at radius 3 is 2.65 bits per heavy atom. The van der Waals surface area contributed by atoms with Crippen LogP contribution < -0.4 is 10.2 Å². The molecule has 5 heteroatoms. The molecule has 1 saturated carbocycles. The standard InChI is InChI=1S/C18H23N5/c1-10(2)16-20-17(22-18(21-16)23(3)4)19-15-13-9-11-7-5-6-8-12(11)14(13)15/h5-8,10,13-15H,9H2,1-4H3,(H,19,20,21,22). The van der Waals surface area contributed by atoms with E-state index >= 15 is 0 Å². The second kappa shape index (κ2) is 5.18. The van der Waals surface area contributed by atoms with Crippen molar-refractivity contribution in [2.75, 3.05) is 24.3 Å². The van der Waals surface area contributed by atoms with Crippen molar-refractivity contribution in [3.8, 4) is 0 Å². The topological polar surface area (TPSA) is 53.9 Å². The van der Waals surface area contributed by atoms with Crippen LogP contribution in [0.3, 0.4) is 0 Å². The SMILES string of the molecule is CC(C)c1nc(NC2C3Cc4ccccc4C32)nc(N(C)C)n1. The molecule has 0 aliphatic heterocycles. The van der Waals surface area contributed by atoms with Gasteiger partial charge >= 0.3 is 0 Å². The van der Waals surface area contributed by atoms with Crippen molar-refractivity contribution in [3.05, 3.63) is 41.2 Å². The molecule has 1 N–H and O–H groups in total. The van der Waals surface area contributed by atoms with Gasteiger partial charge in [-0.25, -0.2) is 0 Å². The molecule has 0 radical (unpaired) electrons. The van der Waals surface area contributed by atoms with Crippen molar-refractivity contribution in [2.24, 2.45) is 5.92 Å². The van der Waals surface area contributed by atoms with Crippen LogP contribution in [-0.4, -0.2) is 35.1 Å². The van der Waals surface area contributed by atoms with E-state index in [0.717, 1.165) is 11.8 Å². The Morgan fingerprint density at radius 1 is 1.13 bits per heavy atom. The van der Waals surface area contributed by atoms with Crippen LogP contribution in [0.1, 0.15) is 42.6 Å². The lowest BCUT2D eigenvalue weighted by molar-refractivity contribution is 0.748. The monoisotopic (exact) mass is 309 g/mol. The average Bonchev–Trinajstić information content (AvgIpc) is 3.04. The molecule has 120 valence electrons. The third-order valence-corrected chi connectivity index (χ3v) is 4.89. The van der Waals surface area contributed by atoms with E-state index in [1.165, 1.54) is 17.5 Å². The van der Waals surface area contributed by atoms with E-state index in [2.05, 4.69) is 58.4 Å². The van der Waals surface area contributed by atoms with Gasteiger partial charge in [-0.15, -0.1) is 0 Å². The van der Waals surface area contributed by atoms with E-state index in [0.29, 0.717) is 23.8 Å². The number of nitrogens with zero attached hydrogens (tertiary/aromatic N) is 4. The van der Waals surface area contributed by atoms with Crippen LogP contribution in [0.25, 0.3) is 0 Å². The fourth-order valence-electron chi connectivity index (χ4n) is 3.60. The number of hydrogen-bond acceptors (Lipinski definition) is 5. The summed E-state index contributed by atoms with van der Waals surface area (Å²) in [5.74, 6) is 3.87. The summed E-state index contributed by atoms with van der Waals surface area (Å²) >= 11 is 0. The molecule has 0 bridgehead atoms. The molecule has 3 atom stereocenters. The molecule has 1 fully saturated rings. The minimum absolute atomic E-state index is 0.289. The van der Waals surface area contributed by atoms with Crippen LogP contribution in [-0.2, 0) is 6.42 Å². The first-order chi connectivity index (χ1) is 11.0. The number of aromatic nitrogens is 3. The smallest absolute Gasteiger partial charge is 0.229 e. The highest BCUT2D eigenvalue weighted by Gasteiger charge is 2.55. The summed E-state index contributed by atoms with van der Waals surface area (Å²) < 4.78 is 0. The number of hydrogen-bond donors (Lipinski definition) is 1. The summed E-state index contributed by atoms with van der Waals surface area (Å²) in [5, 5.41) is 3.56. The van der Waals surface area contributed by atoms with Gasteiger partial charge in [0.15, 0.2) is 0 Å². The molecule has 2 aromatic rings. The van der Waals surface area contributed by atoms with E-state index in [1.807, 2.05) is 19.0 Å². The lowest BCUT2D eigenvalue weighted by atomic mass is 10.1. The van der Waals surface area contributed by atoms with Crippen LogP contribution in [0.4, 0.5) is 11.9 Å². The third kappa shape index (κ3) is 2.44. The normalized spacial score (nSPS) is 24.3. The quantitative estimate of drug-likeness (QED) is 0.941. The lowest BCUT2D eigenvalue weighted by Gasteiger charge is -2.15. The second-order valence-electron chi connectivity index (χ2n) is 7.13. The van der Waals surface area contributed by atoms with Gasteiger partial charge in [-0.1, -0.05) is 38.1 Å². The molecule has 5 nitrogen and oxygen atoms in total. The average molecular weight is 309 g/mol. The minimum Gasteiger partial charge on any atom is -0.350 e. The van der Waals surface area contributed by atoms with Gasteiger partial charge in [0, 0.05) is 32.0 Å². The molecule has 3 unspecified atom stereocenters. The van der Waals surface area contributed by atoms with Gasteiger partial charge in [-0.3, -0.25) is 0 Å². The molecule has 23 heavy (non-hydrogen) atoms. The van der Waals surface area contributed by atoms with Crippen LogP contribution in [0.15, 0.2) is 24.3 Å². The number of fused-ring (bicyclic) bond motifs is 3. The molecule has 1 heterocycles. The summed E-state index contributed by atoms with van der Waals surface area (Å²) in [6.07, 6.45) is 1.17. The van der Waals surface area contributed by atoms with Gasteiger partial charge in [-0.05, 0) is 23.5 Å². The molecular weight excluding hydrogens is 286 g/mol. The van der Waals surface area contributed by atoms with Crippen LogP contribution in [0, 0.1) is 5.92 Å². The van der Waals surface area contributed by atoms with E-state index < -0.39 is 0 Å².